The Morgan fingerprint density at radius 3 is 2.42 bits per heavy atom. The van der Waals surface area contributed by atoms with Crippen molar-refractivity contribution in [3.8, 4) is 5.75 Å². The maximum Gasteiger partial charge on any atom is 0.163 e. The number of ether oxygens (including phenoxy) is 1. The molecule has 7 heteroatoms. The summed E-state index contributed by atoms with van der Waals surface area (Å²) in [6, 6.07) is 13.1. The fourth-order valence-electron chi connectivity index (χ4n) is 5.08. The minimum atomic E-state index is -3.48. The molecule has 1 aromatic carbocycles. The molecule has 2 aliphatic rings. The first kappa shape index (κ1) is 22.2. The number of benzene rings is 1. The molecule has 0 radical (unpaired) electrons. The predicted molar refractivity (Wildman–Crippen MR) is 123 cm³/mol. The Bertz CT molecular complexity index is 940. The molecule has 0 spiro atoms. The number of hydrogen-bond donors (Lipinski definition) is 1. The number of hydrogen-bond acceptors (Lipinski definition) is 6. The van der Waals surface area contributed by atoms with Gasteiger partial charge < -0.3 is 10.1 Å². The Morgan fingerprint density at radius 1 is 1.03 bits per heavy atom. The van der Waals surface area contributed by atoms with Crippen molar-refractivity contribution < 1.29 is 13.2 Å². The van der Waals surface area contributed by atoms with Crippen LogP contribution in [0, 0.1) is 0 Å². The summed E-state index contributed by atoms with van der Waals surface area (Å²) in [4.78, 5) is 6.87. The van der Waals surface area contributed by atoms with E-state index < -0.39 is 15.1 Å². The third kappa shape index (κ3) is 4.78. The lowest BCUT2D eigenvalue weighted by Gasteiger charge is -2.41. The molecule has 1 saturated carbocycles. The van der Waals surface area contributed by atoms with Gasteiger partial charge in [0.15, 0.2) is 9.84 Å². The van der Waals surface area contributed by atoms with Gasteiger partial charge in [-0.1, -0.05) is 43.5 Å². The Morgan fingerprint density at radius 2 is 1.74 bits per heavy atom. The second kappa shape index (κ2) is 10.1. The number of para-hydroxylation sites is 1. The number of piperazine rings is 1. The average Bonchev–Trinajstić information content (AvgIpc) is 2.84. The highest BCUT2D eigenvalue weighted by atomic mass is 32.2. The lowest BCUT2D eigenvalue weighted by Crippen LogP contribution is -2.48. The molecule has 1 N–H and O–H groups in total. The van der Waals surface area contributed by atoms with Crippen LogP contribution in [0.3, 0.4) is 0 Å². The molecule has 168 valence electrons. The molecule has 2 aromatic rings. The second-order valence-electron chi connectivity index (χ2n) is 8.50. The van der Waals surface area contributed by atoms with E-state index in [9.17, 15) is 8.42 Å². The summed E-state index contributed by atoms with van der Waals surface area (Å²) >= 11 is 0. The summed E-state index contributed by atoms with van der Waals surface area (Å²) in [7, 11) is -1.83. The number of nitrogens with zero attached hydrogens (tertiary/aromatic N) is 2. The van der Waals surface area contributed by atoms with E-state index in [-0.39, 0.29) is 11.3 Å². The normalized spacial score (nSPS) is 20.8. The fourth-order valence-corrected chi connectivity index (χ4v) is 7.64. The van der Waals surface area contributed by atoms with E-state index in [0.29, 0.717) is 5.69 Å². The van der Waals surface area contributed by atoms with Crippen molar-refractivity contribution in [1.29, 1.82) is 0 Å². The Labute approximate surface area is 185 Å². The number of pyridine rings is 1. The van der Waals surface area contributed by atoms with Gasteiger partial charge in [-0.25, -0.2) is 8.42 Å². The Hall–Kier alpha value is -1.96. The molecule has 31 heavy (non-hydrogen) atoms. The van der Waals surface area contributed by atoms with Crippen molar-refractivity contribution in [3.63, 3.8) is 0 Å². The third-order valence-electron chi connectivity index (χ3n) is 6.64. The van der Waals surface area contributed by atoms with Crippen molar-refractivity contribution in [2.75, 3.05) is 33.3 Å². The largest absolute Gasteiger partial charge is 0.496 e. The van der Waals surface area contributed by atoms with Gasteiger partial charge in [-0.3, -0.25) is 9.88 Å². The van der Waals surface area contributed by atoms with Crippen LogP contribution in [0.5, 0.6) is 5.75 Å². The van der Waals surface area contributed by atoms with Gasteiger partial charge in [-0.15, -0.1) is 0 Å². The highest BCUT2D eigenvalue weighted by Crippen LogP contribution is 2.45. The zero-order valence-electron chi connectivity index (χ0n) is 18.2. The predicted octanol–water partition coefficient (Wildman–Crippen LogP) is 3.53. The van der Waals surface area contributed by atoms with Gasteiger partial charge in [-0.05, 0) is 31.0 Å². The van der Waals surface area contributed by atoms with Crippen LogP contribution < -0.4 is 10.1 Å². The molecule has 1 aliphatic heterocycles. The molecule has 0 bridgehead atoms. The summed E-state index contributed by atoms with van der Waals surface area (Å²) in [5.74, 6) is 0.728. The number of nitrogens with one attached hydrogen (secondary N) is 1. The van der Waals surface area contributed by atoms with E-state index >= 15 is 0 Å². The van der Waals surface area contributed by atoms with Gasteiger partial charge in [0.25, 0.3) is 0 Å². The van der Waals surface area contributed by atoms with Crippen molar-refractivity contribution in [2.45, 2.75) is 48.6 Å². The minimum absolute atomic E-state index is 0.312. The molecule has 2 heterocycles. The Balaban J connectivity index is 1.87. The van der Waals surface area contributed by atoms with Gasteiger partial charge in [0.2, 0.25) is 0 Å². The first-order valence-electron chi connectivity index (χ1n) is 11.3. The molecule has 2 unspecified atom stereocenters. The molecule has 4 rings (SSSR count). The van der Waals surface area contributed by atoms with Crippen LogP contribution >= 0.6 is 0 Å². The molecule has 0 amide bonds. The van der Waals surface area contributed by atoms with Crippen molar-refractivity contribution >= 4 is 9.84 Å². The topological polar surface area (TPSA) is 71.5 Å². The maximum atomic E-state index is 14.2. The molecule has 2 atom stereocenters. The first-order valence-corrected chi connectivity index (χ1v) is 12.9. The van der Waals surface area contributed by atoms with Gasteiger partial charge in [0.05, 0.1) is 24.1 Å². The fraction of sp³-hybridized carbons (Fsp3) is 0.542. The summed E-state index contributed by atoms with van der Waals surface area (Å²) in [5.41, 5.74) is 1.55. The summed E-state index contributed by atoms with van der Waals surface area (Å²) in [5, 5.41) is 2.35. The summed E-state index contributed by atoms with van der Waals surface area (Å²) < 4.78 is 34.1. The van der Waals surface area contributed by atoms with Crippen LogP contribution in [0.15, 0.2) is 48.7 Å². The lowest BCUT2D eigenvalue weighted by atomic mass is 9.97. The minimum Gasteiger partial charge on any atom is -0.496 e. The molecule has 2 fully saturated rings. The van der Waals surface area contributed by atoms with Crippen LogP contribution in [0.25, 0.3) is 0 Å². The molecule has 1 saturated heterocycles. The highest BCUT2D eigenvalue weighted by molar-refractivity contribution is 7.92. The van der Waals surface area contributed by atoms with Crippen molar-refractivity contribution in [1.82, 2.24) is 15.2 Å². The van der Waals surface area contributed by atoms with Gasteiger partial charge >= 0.3 is 0 Å². The second-order valence-corrected chi connectivity index (χ2v) is 10.8. The monoisotopic (exact) mass is 443 g/mol. The van der Waals surface area contributed by atoms with Gasteiger partial charge in [-0.2, -0.15) is 0 Å². The number of sulfone groups is 1. The van der Waals surface area contributed by atoms with E-state index in [4.69, 9.17) is 4.74 Å². The van der Waals surface area contributed by atoms with Crippen LogP contribution in [0.2, 0.25) is 0 Å². The van der Waals surface area contributed by atoms with Gasteiger partial charge in [0.1, 0.15) is 11.0 Å². The smallest absolute Gasteiger partial charge is 0.163 e. The summed E-state index contributed by atoms with van der Waals surface area (Å²) in [6.45, 7) is 3.24. The highest BCUT2D eigenvalue weighted by Gasteiger charge is 2.45. The first-order chi connectivity index (χ1) is 15.1. The van der Waals surface area contributed by atoms with E-state index in [1.807, 2.05) is 42.5 Å². The standard InChI is InChI=1S/C24H33N3O3S/c1-30-22-13-6-5-11-20(22)23(27-17-15-25-16-18-27)24(21-12-7-8-14-26-21)31(28,29)19-9-3-2-4-10-19/h5-8,11-14,19,23-25H,2-4,9-10,15-18H2,1H3. The molecular formula is C24H33N3O3S. The zero-order valence-corrected chi connectivity index (χ0v) is 19.1. The Kier molecular flexibility index (Phi) is 7.25. The van der Waals surface area contributed by atoms with Crippen LogP contribution in [0.4, 0.5) is 0 Å². The number of aromatic nitrogens is 1. The maximum absolute atomic E-state index is 14.2. The average molecular weight is 444 g/mol. The molecule has 1 aromatic heterocycles. The quantitative estimate of drug-likeness (QED) is 0.706. The molecule has 1 aliphatic carbocycles. The molecule has 6 nitrogen and oxygen atoms in total. The summed E-state index contributed by atoms with van der Waals surface area (Å²) in [6.07, 6.45) is 6.26. The van der Waals surface area contributed by atoms with Crippen LogP contribution in [0.1, 0.15) is 54.7 Å². The van der Waals surface area contributed by atoms with Crippen LogP contribution in [-0.2, 0) is 9.84 Å². The van der Waals surface area contributed by atoms with Crippen LogP contribution in [-0.4, -0.2) is 56.8 Å². The van der Waals surface area contributed by atoms with E-state index in [0.717, 1.165) is 69.6 Å². The van der Waals surface area contributed by atoms with Crippen molar-refractivity contribution in [2.24, 2.45) is 0 Å². The number of rotatable bonds is 7. The molecular weight excluding hydrogens is 410 g/mol. The third-order valence-corrected chi connectivity index (χ3v) is 9.25. The van der Waals surface area contributed by atoms with Gasteiger partial charge in [0, 0.05) is 37.9 Å². The van der Waals surface area contributed by atoms with Crippen molar-refractivity contribution in [3.05, 3.63) is 59.9 Å². The van der Waals surface area contributed by atoms with E-state index in [1.54, 1.807) is 13.3 Å². The zero-order chi connectivity index (χ0) is 21.7. The lowest BCUT2D eigenvalue weighted by molar-refractivity contribution is 0.163. The SMILES string of the molecule is COc1ccccc1C(C(c1ccccn1)S(=O)(=O)C1CCCCC1)N1CCNCC1. The number of methoxy groups -OCH3 is 1. The van der Waals surface area contributed by atoms with E-state index in [1.165, 1.54) is 0 Å². The van der Waals surface area contributed by atoms with E-state index in [2.05, 4.69) is 15.2 Å².